The molecule has 0 saturated carbocycles. The third-order valence-corrected chi connectivity index (χ3v) is 4.91. The Labute approximate surface area is 119 Å². The SMILES string of the molecule is CC(C)n1cc(NS(=O)(=O)c2csc(C(=O)O)c2)cn1. The van der Waals surface area contributed by atoms with Gasteiger partial charge in [-0.25, -0.2) is 13.2 Å². The van der Waals surface area contributed by atoms with Crippen molar-refractivity contribution in [2.24, 2.45) is 0 Å². The molecule has 0 amide bonds. The predicted molar refractivity (Wildman–Crippen MR) is 74.7 cm³/mol. The van der Waals surface area contributed by atoms with Gasteiger partial charge in [0, 0.05) is 17.6 Å². The molecule has 0 fully saturated rings. The molecule has 2 heterocycles. The van der Waals surface area contributed by atoms with Crippen LogP contribution in [0.3, 0.4) is 0 Å². The van der Waals surface area contributed by atoms with E-state index in [9.17, 15) is 13.2 Å². The molecule has 0 aromatic carbocycles. The largest absolute Gasteiger partial charge is 0.477 e. The lowest BCUT2D eigenvalue weighted by atomic mass is 10.4. The van der Waals surface area contributed by atoms with Gasteiger partial charge in [-0.05, 0) is 19.9 Å². The van der Waals surface area contributed by atoms with E-state index in [-0.39, 0.29) is 15.8 Å². The number of carbonyl (C=O) groups is 1. The first kappa shape index (κ1) is 14.5. The van der Waals surface area contributed by atoms with E-state index >= 15 is 0 Å². The van der Waals surface area contributed by atoms with Crippen LogP contribution in [0.1, 0.15) is 29.6 Å². The number of hydrogen-bond acceptors (Lipinski definition) is 5. The van der Waals surface area contributed by atoms with Crippen molar-refractivity contribution in [1.82, 2.24) is 9.78 Å². The van der Waals surface area contributed by atoms with Crippen LogP contribution in [0, 0.1) is 0 Å². The molecule has 0 unspecified atom stereocenters. The number of nitrogens with one attached hydrogen (secondary N) is 1. The second-order valence-electron chi connectivity index (χ2n) is 4.36. The summed E-state index contributed by atoms with van der Waals surface area (Å²) < 4.78 is 28.1. The van der Waals surface area contributed by atoms with E-state index in [0.29, 0.717) is 5.69 Å². The molecule has 108 valence electrons. The number of carboxylic acids is 1. The Bertz CT molecular complexity index is 730. The zero-order valence-corrected chi connectivity index (χ0v) is 12.4. The van der Waals surface area contributed by atoms with Gasteiger partial charge in [0.05, 0.1) is 16.8 Å². The van der Waals surface area contributed by atoms with Gasteiger partial charge in [-0.15, -0.1) is 11.3 Å². The quantitative estimate of drug-likeness (QED) is 0.879. The second kappa shape index (κ2) is 5.25. The van der Waals surface area contributed by atoms with E-state index in [1.807, 2.05) is 13.8 Å². The third-order valence-electron chi connectivity index (χ3n) is 2.48. The fraction of sp³-hybridized carbons (Fsp3) is 0.273. The summed E-state index contributed by atoms with van der Waals surface area (Å²) in [7, 11) is -3.79. The zero-order valence-electron chi connectivity index (χ0n) is 10.8. The molecular formula is C11H13N3O4S2. The fourth-order valence-electron chi connectivity index (χ4n) is 1.46. The van der Waals surface area contributed by atoms with Crippen molar-refractivity contribution >= 4 is 33.0 Å². The minimum absolute atomic E-state index is 0.0248. The molecular weight excluding hydrogens is 302 g/mol. The van der Waals surface area contributed by atoms with Gasteiger partial charge in [-0.1, -0.05) is 0 Å². The van der Waals surface area contributed by atoms with Gasteiger partial charge in [0.25, 0.3) is 10.0 Å². The first-order valence-electron chi connectivity index (χ1n) is 5.68. The molecule has 20 heavy (non-hydrogen) atoms. The van der Waals surface area contributed by atoms with Crippen molar-refractivity contribution in [2.75, 3.05) is 4.72 Å². The standard InChI is InChI=1S/C11H13N3O4S2/c1-7(2)14-5-8(4-12-14)13-20(17,18)9-3-10(11(15)16)19-6-9/h3-7,13H,1-2H3,(H,15,16). The van der Waals surface area contributed by atoms with Crippen LogP contribution in [-0.2, 0) is 10.0 Å². The van der Waals surface area contributed by atoms with E-state index in [1.165, 1.54) is 11.6 Å². The lowest BCUT2D eigenvalue weighted by Crippen LogP contribution is -2.11. The minimum atomic E-state index is -3.79. The van der Waals surface area contributed by atoms with Crippen molar-refractivity contribution in [3.63, 3.8) is 0 Å². The molecule has 0 aliphatic rings. The number of aromatic nitrogens is 2. The summed E-state index contributed by atoms with van der Waals surface area (Å²) in [5.41, 5.74) is 0.335. The highest BCUT2D eigenvalue weighted by Crippen LogP contribution is 2.22. The Morgan fingerprint density at radius 1 is 1.50 bits per heavy atom. The van der Waals surface area contributed by atoms with E-state index in [0.717, 1.165) is 17.4 Å². The van der Waals surface area contributed by atoms with Crippen LogP contribution in [-0.4, -0.2) is 29.3 Å². The van der Waals surface area contributed by atoms with Crippen molar-refractivity contribution in [3.8, 4) is 0 Å². The number of hydrogen-bond donors (Lipinski definition) is 2. The monoisotopic (exact) mass is 315 g/mol. The summed E-state index contributed by atoms with van der Waals surface area (Å²) in [5.74, 6) is -1.15. The highest BCUT2D eigenvalue weighted by molar-refractivity contribution is 7.92. The smallest absolute Gasteiger partial charge is 0.345 e. The maximum absolute atomic E-state index is 12.1. The van der Waals surface area contributed by atoms with Gasteiger partial charge in [0.1, 0.15) is 4.88 Å². The summed E-state index contributed by atoms with van der Waals surface area (Å²) in [6, 6.07) is 1.25. The van der Waals surface area contributed by atoms with Crippen LogP contribution >= 0.6 is 11.3 Å². The topological polar surface area (TPSA) is 101 Å². The number of aromatic carboxylic acids is 1. The van der Waals surface area contributed by atoms with Crippen molar-refractivity contribution < 1.29 is 18.3 Å². The number of thiophene rings is 1. The summed E-state index contributed by atoms with van der Waals surface area (Å²) in [6.07, 6.45) is 2.98. The predicted octanol–water partition coefficient (Wildman–Crippen LogP) is 2.02. The molecule has 0 aliphatic carbocycles. The maximum Gasteiger partial charge on any atom is 0.345 e. The molecule has 0 atom stereocenters. The van der Waals surface area contributed by atoms with Crippen molar-refractivity contribution in [2.45, 2.75) is 24.8 Å². The van der Waals surface area contributed by atoms with Crippen molar-refractivity contribution in [3.05, 3.63) is 28.7 Å². The van der Waals surface area contributed by atoms with Gasteiger partial charge in [-0.3, -0.25) is 9.40 Å². The molecule has 0 radical (unpaired) electrons. The molecule has 0 spiro atoms. The van der Waals surface area contributed by atoms with E-state index < -0.39 is 16.0 Å². The molecule has 2 N–H and O–H groups in total. The van der Waals surface area contributed by atoms with E-state index in [2.05, 4.69) is 9.82 Å². The summed E-state index contributed by atoms with van der Waals surface area (Å²) in [6.45, 7) is 3.84. The number of carboxylic acid groups (broad SMARTS) is 1. The molecule has 0 aliphatic heterocycles. The average Bonchev–Trinajstić information content (AvgIpc) is 2.95. The first-order chi connectivity index (χ1) is 9.29. The number of rotatable bonds is 5. The van der Waals surface area contributed by atoms with Gasteiger partial charge >= 0.3 is 5.97 Å². The van der Waals surface area contributed by atoms with Crippen LogP contribution in [0.4, 0.5) is 5.69 Å². The number of anilines is 1. The van der Waals surface area contributed by atoms with Gasteiger partial charge in [0.2, 0.25) is 0 Å². The highest BCUT2D eigenvalue weighted by atomic mass is 32.2. The van der Waals surface area contributed by atoms with E-state index in [4.69, 9.17) is 5.11 Å². The number of sulfonamides is 1. The molecule has 9 heteroatoms. The number of nitrogens with zero attached hydrogens (tertiary/aromatic N) is 2. The lowest BCUT2D eigenvalue weighted by Gasteiger charge is -2.04. The Kier molecular flexibility index (Phi) is 3.82. The molecule has 0 saturated heterocycles. The summed E-state index contributed by atoms with van der Waals surface area (Å²) >= 11 is 0.866. The normalized spacial score (nSPS) is 11.8. The molecule has 2 rings (SSSR count). The van der Waals surface area contributed by atoms with Gasteiger partial charge < -0.3 is 5.11 Å². The maximum atomic E-state index is 12.1. The average molecular weight is 315 g/mol. The Morgan fingerprint density at radius 3 is 2.70 bits per heavy atom. The van der Waals surface area contributed by atoms with Crippen LogP contribution in [0.5, 0.6) is 0 Å². The Balaban J connectivity index is 2.23. The van der Waals surface area contributed by atoms with Crippen LogP contribution in [0.2, 0.25) is 0 Å². The zero-order chi connectivity index (χ0) is 14.9. The molecule has 2 aromatic heterocycles. The summed E-state index contributed by atoms with van der Waals surface area (Å²) in [4.78, 5) is 10.7. The lowest BCUT2D eigenvalue weighted by molar-refractivity contribution is 0.0702. The highest BCUT2D eigenvalue weighted by Gasteiger charge is 2.19. The Morgan fingerprint density at radius 2 is 2.20 bits per heavy atom. The van der Waals surface area contributed by atoms with Crippen LogP contribution in [0.15, 0.2) is 28.7 Å². The van der Waals surface area contributed by atoms with Crippen LogP contribution < -0.4 is 4.72 Å². The summed E-state index contributed by atoms with van der Waals surface area (Å²) in [5, 5.41) is 14.1. The molecule has 2 aromatic rings. The molecule has 0 bridgehead atoms. The first-order valence-corrected chi connectivity index (χ1v) is 8.04. The molecule has 7 nitrogen and oxygen atoms in total. The van der Waals surface area contributed by atoms with E-state index in [1.54, 1.807) is 10.9 Å². The second-order valence-corrected chi connectivity index (χ2v) is 6.95. The Hall–Kier alpha value is -1.87. The van der Waals surface area contributed by atoms with Crippen molar-refractivity contribution in [1.29, 1.82) is 0 Å². The van der Waals surface area contributed by atoms with Crippen LogP contribution in [0.25, 0.3) is 0 Å². The fourth-order valence-corrected chi connectivity index (χ4v) is 3.60. The van der Waals surface area contributed by atoms with Gasteiger partial charge in [0.15, 0.2) is 0 Å². The van der Waals surface area contributed by atoms with Gasteiger partial charge in [-0.2, -0.15) is 5.10 Å². The third kappa shape index (κ3) is 2.99. The minimum Gasteiger partial charge on any atom is -0.477 e.